The van der Waals surface area contributed by atoms with Crippen LogP contribution in [0, 0.1) is 5.92 Å². The first-order valence-electron chi connectivity index (χ1n) is 12.0. The summed E-state index contributed by atoms with van der Waals surface area (Å²) in [5.74, 6) is 0.654. The number of thiophene rings is 3. The molecule has 0 spiro atoms. The van der Waals surface area contributed by atoms with E-state index in [4.69, 9.17) is 0 Å². The number of nitrogens with zero attached hydrogens (tertiary/aromatic N) is 1. The Morgan fingerprint density at radius 2 is 1.33 bits per heavy atom. The summed E-state index contributed by atoms with van der Waals surface area (Å²) in [7, 11) is 0. The smallest absolute Gasteiger partial charge is 0.160 e. The van der Waals surface area contributed by atoms with E-state index in [0.717, 1.165) is 22.5 Å². The molecule has 0 atom stereocenters. The predicted octanol–water partition coefficient (Wildman–Crippen LogP) is 9.83. The van der Waals surface area contributed by atoms with E-state index < -0.39 is 0 Å². The first kappa shape index (κ1) is 23.2. The highest BCUT2D eigenvalue weighted by molar-refractivity contribution is 7.27. The summed E-state index contributed by atoms with van der Waals surface area (Å²) < 4.78 is 2.31. The molecule has 36 heavy (non-hydrogen) atoms. The summed E-state index contributed by atoms with van der Waals surface area (Å²) in [5.41, 5.74) is 5.06. The largest absolute Gasteiger partial charge is 0.316 e. The number of para-hydroxylation sites is 1. The first-order chi connectivity index (χ1) is 17.6. The monoisotopic (exact) mass is 523 g/mol. The SMILES string of the molecule is CC(C)Cc1ccc(-n2cc(-c3ccc(-c4ccc(-c5ccc(C=O)s5)s4)s3)c3ccccc32)cc1. The zero-order valence-corrected chi connectivity index (χ0v) is 22.6. The van der Waals surface area contributed by atoms with Crippen LogP contribution in [0.5, 0.6) is 0 Å². The van der Waals surface area contributed by atoms with Crippen molar-refractivity contribution in [2.24, 2.45) is 5.92 Å². The van der Waals surface area contributed by atoms with Crippen molar-refractivity contribution >= 4 is 51.2 Å². The van der Waals surface area contributed by atoms with Crippen LogP contribution >= 0.6 is 34.0 Å². The van der Waals surface area contributed by atoms with Crippen LogP contribution in [-0.4, -0.2) is 10.9 Å². The number of hydrogen-bond donors (Lipinski definition) is 0. The summed E-state index contributed by atoms with van der Waals surface area (Å²) in [5, 5.41) is 1.27. The Kier molecular flexibility index (Phi) is 6.22. The topological polar surface area (TPSA) is 22.0 Å². The van der Waals surface area contributed by atoms with E-state index in [0.29, 0.717) is 5.92 Å². The minimum atomic E-state index is 0.654. The fourth-order valence-electron chi connectivity index (χ4n) is 4.62. The zero-order chi connectivity index (χ0) is 24.6. The lowest BCUT2D eigenvalue weighted by Crippen LogP contribution is -1.96. The second-order valence-electron chi connectivity index (χ2n) is 9.34. The maximum Gasteiger partial charge on any atom is 0.160 e. The van der Waals surface area contributed by atoms with Crippen LogP contribution in [0.15, 0.2) is 91.1 Å². The summed E-state index contributed by atoms with van der Waals surface area (Å²) >= 11 is 5.16. The van der Waals surface area contributed by atoms with Gasteiger partial charge in [0.25, 0.3) is 0 Å². The van der Waals surface area contributed by atoms with Crippen LogP contribution < -0.4 is 0 Å². The van der Waals surface area contributed by atoms with Crippen molar-refractivity contribution in [1.29, 1.82) is 0 Å². The second-order valence-corrected chi connectivity index (χ2v) is 12.6. The molecular weight excluding hydrogens is 499 g/mol. The first-order valence-corrected chi connectivity index (χ1v) is 14.5. The average Bonchev–Trinajstić information content (AvgIpc) is 3.69. The van der Waals surface area contributed by atoms with Gasteiger partial charge < -0.3 is 4.57 Å². The molecule has 4 heterocycles. The lowest BCUT2D eigenvalue weighted by atomic mass is 10.0. The quantitative estimate of drug-likeness (QED) is 0.191. The number of aromatic nitrogens is 1. The van der Waals surface area contributed by atoms with Gasteiger partial charge in [-0.05, 0) is 72.5 Å². The molecule has 0 N–H and O–H groups in total. The molecule has 0 radical (unpaired) electrons. The van der Waals surface area contributed by atoms with Crippen molar-refractivity contribution < 1.29 is 4.79 Å². The Hall–Kier alpha value is -3.25. The molecule has 2 aromatic carbocycles. The summed E-state index contributed by atoms with van der Waals surface area (Å²) in [6, 6.07) is 30.4. The molecule has 0 aliphatic carbocycles. The van der Waals surface area contributed by atoms with E-state index in [1.807, 2.05) is 23.5 Å². The van der Waals surface area contributed by atoms with Gasteiger partial charge in [-0.25, -0.2) is 0 Å². The average molecular weight is 524 g/mol. The van der Waals surface area contributed by atoms with Crippen LogP contribution in [0.1, 0.15) is 29.1 Å². The number of benzene rings is 2. The Morgan fingerprint density at radius 3 is 2.00 bits per heavy atom. The van der Waals surface area contributed by atoms with E-state index in [2.05, 4.69) is 97.4 Å². The van der Waals surface area contributed by atoms with E-state index >= 15 is 0 Å². The van der Waals surface area contributed by atoms with Gasteiger partial charge in [0, 0.05) is 47.2 Å². The molecule has 0 unspecified atom stereocenters. The van der Waals surface area contributed by atoms with Gasteiger partial charge in [0.1, 0.15) is 0 Å². The van der Waals surface area contributed by atoms with Crippen molar-refractivity contribution in [3.05, 3.63) is 102 Å². The Bertz CT molecular complexity index is 1660. The van der Waals surface area contributed by atoms with E-state index in [1.165, 1.54) is 47.2 Å². The predicted molar refractivity (Wildman–Crippen MR) is 157 cm³/mol. The fraction of sp³-hybridized carbons (Fsp3) is 0.129. The summed E-state index contributed by atoms with van der Waals surface area (Å²) in [6.45, 7) is 4.52. The normalized spacial score (nSPS) is 11.5. The van der Waals surface area contributed by atoms with Crippen LogP contribution in [-0.2, 0) is 6.42 Å². The van der Waals surface area contributed by atoms with Crippen molar-refractivity contribution in [2.45, 2.75) is 20.3 Å². The molecule has 0 fully saturated rings. The Balaban J connectivity index is 1.35. The third-order valence-corrected chi connectivity index (χ3v) is 9.88. The molecule has 0 amide bonds. The molecule has 0 aliphatic heterocycles. The van der Waals surface area contributed by atoms with Gasteiger partial charge in [-0.1, -0.05) is 44.2 Å². The van der Waals surface area contributed by atoms with Crippen LogP contribution in [0.3, 0.4) is 0 Å². The zero-order valence-electron chi connectivity index (χ0n) is 20.1. The molecule has 5 heteroatoms. The standard InChI is InChI=1S/C31H25NOS3/c1-20(2)17-21-7-9-22(10-8-21)32-18-25(24-5-3-4-6-26(24)32)27-13-14-30(35-27)31-16-15-29(36-31)28-12-11-23(19-33)34-28/h3-16,18-20H,17H2,1-2H3. The number of hydrogen-bond acceptors (Lipinski definition) is 4. The van der Waals surface area contributed by atoms with Gasteiger partial charge in [0.05, 0.1) is 10.4 Å². The number of carbonyl (C=O) groups is 1. The van der Waals surface area contributed by atoms with E-state index in [1.54, 1.807) is 22.7 Å². The molecule has 2 nitrogen and oxygen atoms in total. The van der Waals surface area contributed by atoms with Crippen molar-refractivity contribution in [3.63, 3.8) is 0 Å². The van der Waals surface area contributed by atoms with Crippen LogP contribution in [0.2, 0.25) is 0 Å². The molecule has 0 aliphatic rings. The summed E-state index contributed by atoms with van der Waals surface area (Å²) in [6.07, 6.45) is 4.31. The number of carbonyl (C=O) groups excluding carboxylic acids is 1. The maximum absolute atomic E-state index is 11.1. The van der Waals surface area contributed by atoms with Gasteiger partial charge in [0.15, 0.2) is 6.29 Å². The lowest BCUT2D eigenvalue weighted by molar-refractivity contribution is 0.112. The van der Waals surface area contributed by atoms with Crippen molar-refractivity contribution in [3.8, 4) is 35.6 Å². The van der Waals surface area contributed by atoms with E-state index in [-0.39, 0.29) is 0 Å². The third kappa shape index (κ3) is 4.39. The van der Waals surface area contributed by atoms with Gasteiger partial charge in [-0.3, -0.25) is 4.79 Å². The fourth-order valence-corrected chi connectivity index (χ4v) is 7.66. The minimum Gasteiger partial charge on any atom is -0.316 e. The molecule has 6 rings (SSSR count). The van der Waals surface area contributed by atoms with Gasteiger partial charge in [0.2, 0.25) is 0 Å². The maximum atomic E-state index is 11.1. The van der Waals surface area contributed by atoms with Gasteiger partial charge in [-0.2, -0.15) is 0 Å². The molecule has 0 bridgehead atoms. The van der Waals surface area contributed by atoms with Crippen LogP contribution in [0.4, 0.5) is 0 Å². The van der Waals surface area contributed by atoms with E-state index in [9.17, 15) is 4.79 Å². The second kappa shape index (κ2) is 9.66. The molecule has 6 aromatic rings. The molecule has 178 valence electrons. The number of rotatable bonds is 7. The highest BCUT2D eigenvalue weighted by Crippen LogP contribution is 2.43. The minimum absolute atomic E-state index is 0.654. The highest BCUT2D eigenvalue weighted by atomic mass is 32.1. The third-order valence-electron chi connectivity index (χ3n) is 6.28. The number of fused-ring (bicyclic) bond motifs is 1. The van der Waals surface area contributed by atoms with Gasteiger partial charge in [-0.15, -0.1) is 34.0 Å². The van der Waals surface area contributed by atoms with Crippen molar-refractivity contribution in [2.75, 3.05) is 0 Å². The molecule has 0 saturated carbocycles. The van der Waals surface area contributed by atoms with Gasteiger partial charge >= 0.3 is 0 Å². The number of aldehydes is 1. The summed E-state index contributed by atoms with van der Waals surface area (Å²) in [4.78, 5) is 18.0. The van der Waals surface area contributed by atoms with Crippen LogP contribution in [0.25, 0.3) is 46.5 Å². The molecular formula is C31H25NOS3. The molecule has 0 saturated heterocycles. The Labute approximate surface area is 223 Å². The Morgan fingerprint density at radius 1 is 0.722 bits per heavy atom. The highest BCUT2D eigenvalue weighted by Gasteiger charge is 2.15. The lowest BCUT2D eigenvalue weighted by Gasteiger charge is -2.08. The molecule has 4 aromatic heterocycles. The van der Waals surface area contributed by atoms with Crippen molar-refractivity contribution in [1.82, 2.24) is 4.57 Å².